The van der Waals surface area contributed by atoms with Gasteiger partial charge in [-0.15, -0.1) is 0 Å². The number of phenolic OH excluding ortho intramolecular Hbond substituents is 1. The van der Waals surface area contributed by atoms with Crippen molar-refractivity contribution in [3.05, 3.63) is 35.9 Å². The Bertz CT molecular complexity index is 572. The van der Waals surface area contributed by atoms with Crippen LogP contribution >= 0.6 is 0 Å². The highest BCUT2D eigenvalue weighted by molar-refractivity contribution is 6.77. The van der Waals surface area contributed by atoms with Crippen LogP contribution in [0.5, 0.6) is 11.5 Å². The fourth-order valence-corrected chi connectivity index (χ4v) is 7.99. The quantitative estimate of drug-likeness (QED) is 0.442. The monoisotopic (exact) mass is 353 g/mol. The Morgan fingerprint density at radius 1 is 1.39 bits per heavy atom. The third-order valence-corrected chi connectivity index (χ3v) is 8.49. The van der Waals surface area contributed by atoms with Gasteiger partial charge in [0.15, 0.2) is 19.8 Å². The van der Waals surface area contributed by atoms with E-state index >= 15 is 0 Å². The molecule has 7 heteroatoms. The van der Waals surface area contributed by atoms with E-state index in [1.54, 1.807) is 13.0 Å². The summed E-state index contributed by atoms with van der Waals surface area (Å²) in [5.74, 6) is 0.217. The second-order valence-corrected chi connectivity index (χ2v) is 12.5. The molecule has 0 saturated carbocycles. The lowest BCUT2D eigenvalue weighted by Gasteiger charge is -2.27. The number of aromatic hydroxyl groups is 1. The lowest BCUT2D eigenvalue weighted by atomic mass is 10.2. The number of hydrogen-bond acceptors (Lipinski definition) is 5. The fraction of sp³-hybridized carbons (Fsp3) is 0.438. The van der Waals surface area contributed by atoms with E-state index in [2.05, 4.69) is 19.7 Å². The average molecular weight is 354 g/mol. The Labute approximate surface area is 140 Å². The molecule has 0 aliphatic carbocycles. The van der Waals surface area contributed by atoms with E-state index in [9.17, 15) is 9.90 Å². The molecule has 1 radical (unpaired) electrons. The lowest BCUT2D eigenvalue weighted by Crippen LogP contribution is -2.41. The molecule has 0 aliphatic rings. The van der Waals surface area contributed by atoms with Crippen LogP contribution in [0.25, 0.3) is 0 Å². The van der Waals surface area contributed by atoms with E-state index in [0.717, 1.165) is 11.6 Å². The minimum absolute atomic E-state index is 0.128. The number of phenols is 1. The number of rotatable bonds is 8. The molecular weight excluding hydrogens is 328 g/mol. The molecule has 0 atom stereocenters. The van der Waals surface area contributed by atoms with Crippen LogP contribution < -0.4 is 4.74 Å². The summed E-state index contributed by atoms with van der Waals surface area (Å²) in [4.78, 5) is 11.4. The Balaban J connectivity index is 2.61. The maximum Gasteiger partial charge on any atom is 0.332 e. The minimum atomic E-state index is -1.97. The van der Waals surface area contributed by atoms with Crippen LogP contribution in [0, 0.1) is 0 Å². The maximum atomic E-state index is 11.4. The highest BCUT2D eigenvalue weighted by atomic mass is 28.4. The first kappa shape index (κ1) is 19.5. The zero-order valence-electron chi connectivity index (χ0n) is 14.4. The molecule has 0 bridgehead atoms. The number of carbonyl (C=O) groups excluding carboxylic acids is 1. The molecule has 0 aromatic heterocycles. The van der Waals surface area contributed by atoms with E-state index in [-0.39, 0.29) is 11.7 Å². The SMILES string of the molecule is C=C(C)C(=O)OC[Si](C)O[Si](C)(C)Cc1ccc(O)c(OC)c1. The third-order valence-electron chi connectivity index (χ3n) is 3.08. The average Bonchev–Trinajstić information content (AvgIpc) is 2.45. The molecule has 0 heterocycles. The van der Waals surface area contributed by atoms with Crippen LogP contribution in [0.3, 0.4) is 0 Å². The lowest BCUT2D eigenvalue weighted by molar-refractivity contribution is -0.137. The first-order valence-corrected chi connectivity index (χ1v) is 12.6. The summed E-state index contributed by atoms with van der Waals surface area (Å²) in [6.07, 6.45) is 0.311. The molecule has 0 aliphatic heterocycles. The Morgan fingerprint density at radius 2 is 2.04 bits per heavy atom. The van der Waals surface area contributed by atoms with Crippen molar-refractivity contribution in [3.63, 3.8) is 0 Å². The van der Waals surface area contributed by atoms with E-state index in [1.807, 2.05) is 18.7 Å². The topological polar surface area (TPSA) is 65.0 Å². The molecule has 0 fully saturated rings. The van der Waals surface area contributed by atoms with E-state index in [4.69, 9.17) is 13.6 Å². The van der Waals surface area contributed by atoms with Gasteiger partial charge in [-0.3, -0.25) is 0 Å². The Hall–Kier alpha value is -1.58. The van der Waals surface area contributed by atoms with Crippen molar-refractivity contribution in [2.75, 3.05) is 13.3 Å². The fourth-order valence-electron chi connectivity index (χ4n) is 2.15. The van der Waals surface area contributed by atoms with Gasteiger partial charge < -0.3 is 18.7 Å². The van der Waals surface area contributed by atoms with Crippen molar-refractivity contribution < 1.29 is 23.5 Å². The van der Waals surface area contributed by atoms with Crippen molar-refractivity contribution >= 4 is 23.3 Å². The van der Waals surface area contributed by atoms with Crippen molar-refractivity contribution in [1.29, 1.82) is 0 Å². The largest absolute Gasteiger partial charge is 0.504 e. The standard InChI is InChI=1S/C16H25O5Si2/c1-12(2)16(18)20-11-22(4)21-23(5,6)10-13-7-8-14(17)15(9-13)19-3/h7-9,17H,1,10-11H2,2-6H3. The number of benzene rings is 1. The Morgan fingerprint density at radius 3 is 2.61 bits per heavy atom. The predicted octanol–water partition coefficient (Wildman–Crippen LogP) is 2.98. The van der Waals surface area contributed by atoms with Crippen LogP contribution in [-0.2, 0) is 19.7 Å². The van der Waals surface area contributed by atoms with Crippen LogP contribution in [0.15, 0.2) is 30.4 Å². The normalized spacial score (nSPS) is 11.4. The van der Waals surface area contributed by atoms with Gasteiger partial charge in [-0.25, -0.2) is 4.79 Å². The molecule has 5 nitrogen and oxygen atoms in total. The van der Waals surface area contributed by atoms with Crippen LogP contribution in [0.2, 0.25) is 19.6 Å². The molecule has 23 heavy (non-hydrogen) atoms. The predicted molar refractivity (Wildman–Crippen MR) is 94.3 cm³/mol. The molecule has 0 spiro atoms. The van der Waals surface area contributed by atoms with Gasteiger partial charge in [-0.05, 0) is 50.3 Å². The maximum absolute atomic E-state index is 11.4. The van der Waals surface area contributed by atoms with Gasteiger partial charge in [0, 0.05) is 5.57 Å². The molecule has 1 aromatic rings. The number of hydrogen-bond donors (Lipinski definition) is 1. The van der Waals surface area contributed by atoms with E-state index < -0.39 is 17.4 Å². The van der Waals surface area contributed by atoms with Crippen molar-refractivity contribution in [3.8, 4) is 11.5 Å². The molecule has 0 amide bonds. The zero-order chi connectivity index (χ0) is 17.6. The molecular formula is C16H25O5Si2. The summed E-state index contributed by atoms with van der Waals surface area (Å²) >= 11 is 0. The van der Waals surface area contributed by atoms with Gasteiger partial charge in [-0.2, -0.15) is 0 Å². The summed E-state index contributed by atoms with van der Waals surface area (Å²) < 4.78 is 16.5. The number of esters is 1. The molecule has 1 N–H and O–H groups in total. The number of carbonyl (C=O) groups is 1. The third kappa shape index (κ3) is 6.59. The zero-order valence-corrected chi connectivity index (χ0v) is 16.4. The van der Waals surface area contributed by atoms with Gasteiger partial charge in [-0.1, -0.05) is 12.6 Å². The van der Waals surface area contributed by atoms with Crippen LogP contribution in [-0.4, -0.2) is 41.8 Å². The van der Waals surface area contributed by atoms with Crippen LogP contribution in [0.1, 0.15) is 12.5 Å². The summed E-state index contributed by atoms with van der Waals surface area (Å²) in [5, 5.41) is 9.65. The van der Waals surface area contributed by atoms with Gasteiger partial charge in [0.1, 0.15) is 6.23 Å². The van der Waals surface area contributed by atoms with Crippen LogP contribution in [0.4, 0.5) is 0 Å². The second kappa shape index (κ2) is 8.32. The minimum Gasteiger partial charge on any atom is -0.504 e. The first-order valence-electron chi connectivity index (χ1n) is 7.34. The number of ether oxygens (including phenoxy) is 2. The highest BCUT2D eigenvalue weighted by Crippen LogP contribution is 2.28. The molecule has 1 rings (SSSR count). The van der Waals surface area contributed by atoms with E-state index in [1.165, 1.54) is 7.11 Å². The highest BCUT2D eigenvalue weighted by Gasteiger charge is 2.27. The van der Waals surface area contributed by atoms with Crippen molar-refractivity contribution in [2.24, 2.45) is 0 Å². The van der Waals surface area contributed by atoms with Gasteiger partial charge in [0.05, 0.1) is 7.11 Å². The summed E-state index contributed by atoms with van der Waals surface area (Å²) in [6, 6.07) is 6.13. The summed E-state index contributed by atoms with van der Waals surface area (Å²) in [7, 11) is -1.66. The van der Waals surface area contributed by atoms with E-state index in [0.29, 0.717) is 17.6 Å². The number of methoxy groups -OCH3 is 1. The first-order chi connectivity index (χ1) is 10.6. The molecule has 1 aromatic carbocycles. The molecule has 127 valence electrons. The smallest absolute Gasteiger partial charge is 0.332 e. The molecule has 0 saturated heterocycles. The summed E-state index contributed by atoms with van der Waals surface area (Å²) in [6.45, 7) is 11.4. The van der Waals surface area contributed by atoms with Crippen molar-refractivity contribution in [1.82, 2.24) is 0 Å². The van der Waals surface area contributed by atoms with Gasteiger partial charge in [0.2, 0.25) is 9.04 Å². The van der Waals surface area contributed by atoms with Crippen molar-refractivity contribution in [2.45, 2.75) is 32.6 Å². The van der Waals surface area contributed by atoms with Gasteiger partial charge >= 0.3 is 5.97 Å². The Kier molecular flexibility index (Phi) is 7.05. The van der Waals surface area contributed by atoms with Gasteiger partial charge in [0.25, 0.3) is 0 Å². The summed E-state index contributed by atoms with van der Waals surface area (Å²) in [5.41, 5.74) is 1.46. The second-order valence-electron chi connectivity index (χ2n) is 6.10. The molecule has 0 unspecified atom stereocenters.